The molecule has 1 atom stereocenters. The molecule has 1 amide bonds. The number of rotatable bonds is 6. The lowest BCUT2D eigenvalue weighted by atomic mass is 9.92. The first-order valence-electron chi connectivity index (χ1n) is 10.5. The third kappa shape index (κ3) is 4.69. The number of halogens is 1. The van der Waals surface area contributed by atoms with Gasteiger partial charge >= 0.3 is 0 Å². The van der Waals surface area contributed by atoms with Crippen molar-refractivity contribution in [1.29, 1.82) is 0 Å². The van der Waals surface area contributed by atoms with Gasteiger partial charge in [-0.1, -0.05) is 61.5 Å². The number of nitrogens with zero attached hydrogens (tertiary/aromatic N) is 3. The van der Waals surface area contributed by atoms with E-state index in [4.69, 9.17) is 16.7 Å². The summed E-state index contributed by atoms with van der Waals surface area (Å²) < 4.78 is 1.84. The van der Waals surface area contributed by atoms with E-state index in [1.807, 2.05) is 23.7 Å². The van der Waals surface area contributed by atoms with Crippen LogP contribution in [0.4, 0.5) is 11.6 Å². The molecule has 0 bridgehead atoms. The standard InChI is InChI=1S/C24H26ClN5OS/c1-14(2)21-20(22(31)27-19-11-9-18(25)10-12-19)16(4)26-23-28-24(29-30(21)23)32-13-17-8-6-5-7-15(17)3/h5-12,14,21H,13H2,1-4H3,(H,27,31)(H,26,28,29). The number of hydrogen-bond donors (Lipinski definition) is 2. The number of aryl methyl sites for hydroxylation is 1. The van der Waals surface area contributed by atoms with E-state index in [0.29, 0.717) is 27.4 Å². The fraction of sp³-hybridized carbons (Fsp3) is 0.292. The van der Waals surface area contributed by atoms with Crippen molar-refractivity contribution >= 4 is 40.9 Å². The van der Waals surface area contributed by atoms with Crippen molar-refractivity contribution in [2.75, 3.05) is 10.6 Å². The van der Waals surface area contributed by atoms with Gasteiger partial charge in [0.05, 0.1) is 11.6 Å². The maximum absolute atomic E-state index is 13.2. The number of benzene rings is 2. The highest BCUT2D eigenvalue weighted by molar-refractivity contribution is 7.98. The lowest BCUT2D eigenvalue weighted by molar-refractivity contribution is -0.113. The molecule has 6 nitrogen and oxygen atoms in total. The highest BCUT2D eigenvalue weighted by Gasteiger charge is 2.35. The minimum Gasteiger partial charge on any atom is -0.328 e. The zero-order chi connectivity index (χ0) is 22.8. The Morgan fingerprint density at radius 2 is 1.91 bits per heavy atom. The smallest absolute Gasteiger partial charge is 0.255 e. The molecule has 2 heterocycles. The molecule has 2 aromatic carbocycles. The van der Waals surface area contributed by atoms with Crippen molar-refractivity contribution in [3.63, 3.8) is 0 Å². The van der Waals surface area contributed by atoms with Gasteiger partial charge in [-0.25, -0.2) is 4.68 Å². The Kier molecular flexibility index (Phi) is 6.58. The Hall–Kier alpha value is -2.77. The predicted molar refractivity (Wildman–Crippen MR) is 131 cm³/mol. The van der Waals surface area contributed by atoms with E-state index in [9.17, 15) is 4.79 Å². The van der Waals surface area contributed by atoms with Gasteiger partial charge in [0.1, 0.15) is 0 Å². The van der Waals surface area contributed by atoms with E-state index in [1.165, 1.54) is 11.1 Å². The van der Waals surface area contributed by atoms with Gasteiger partial charge in [-0.2, -0.15) is 4.98 Å². The summed E-state index contributed by atoms with van der Waals surface area (Å²) in [7, 11) is 0. The van der Waals surface area contributed by atoms with E-state index in [-0.39, 0.29) is 17.9 Å². The van der Waals surface area contributed by atoms with Crippen LogP contribution in [0.15, 0.2) is 65.0 Å². The van der Waals surface area contributed by atoms with Crippen molar-refractivity contribution in [2.45, 2.75) is 44.6 Å². The number of carbonyl (C=O) groups excluding carboxylic acids is 1. The molecule has 8 heteroatoms. The number of hydrogen-bond acceptors (Lipinski definition) is 5. The summed E-state index contributed by atoms with van der Waals surface area (Å²) in [5.74, 6) is 1.44. The first-order chi connectivity index (χ1) is 15.3. The monoisotopic (exact) mass is 467 g/mol. The third-order valence-corrected chi connectivity index (χ3v) is 6.61. The molecule has 1 aliphatic rings. The average molecular weight is 468 g/mol. The Labute approximate surface area is 197 Å². The second-order valence-corrected chi connectivity index (χ2v) is 9.57. The highest BCUT2D eigenvalue weighted by atomic mass is 35.5. The number of thioether (sulfide) groups is 1. The molecule has 0 aliphatic carbocycles. The summed E-state index contributed by atoms with van der Waals surface area (Å²) in [6, 6.07) is 15.2. The molecule has 1 aromatic heterocycles. The van der Waals surface area contributed by atoms with Crippen LogP contribution >= 0.6 is 23.4 Å². The number of aromatic nitrogens is 3. The van der Waals surface area contributed by atoms with Gasteiger partial charge in [0.2, 0.25) is 11.1 Å². The summed E-state index contributed by atoms with van der Waals surface area (Å²) in [5, 5.41) is 12.3. The fourth-order valence-electron chi connectivity index (χ4n) is 3.79. The van der Waals surface area contributed by atoms with Gasteiger partial charge in [0.15, 0.2) is 0 Å². The first-order valence-corrected chi connectivity index (χ1v) is 11.9. The molecule has 0 radical (unpaired) electrons. The van der Waals surface area contributed by atoms with Gasteiger partial charge in [-0.05, 0) is 55.2 Å². The van der Waals surface area contributed by atoms with E-state index < -0.39 is 0 Å². The van der Waals surface area contributed by atoms with Crippen molar-refractivity contribution in [1.82, 2.24) is 14.8 Å². The van der Waals surface area contributed by atoms with Crippen LogP contribution in [0.3, 0.4) is 0 Å². The number of allylic oxidation sites excluding steroid dienone is 1. The van der Waals surface area contributed by atoms with Gasteiger partial charge in [0, 0.05) is 22.2 Å². The zero-order valence-corrected chi connectivity index (χ0v) is 20.1. The fourth-order valence-corrected chi connectivity index (χ4v) is 4.82. The Morgan fingerprint density at radius 3 is 2.59 bits per heavy atom. The largest absolute Gasteiger partial charge is 0.328 e. The van der Waals surface area contributed by atoms with Crippen molar-refractivity contribution < 1.29 is 4.79 Å². The van der Waals surface area contributed by atoms with Gasteiger partial charge in [-0.15, -0.1) is 5.10 Å². The molecule has 3 aromatic rings. The number of amides is 1. The second-order valence-electron chi connectivity index (χ2n) is 8.19. The van der Waals surface area contributed by atoms with Gasteiger partial charge in [0.25, 0.3) is 5.91 Å². The topological polar surface area (TPSA) is 71.8 Å². The van der Waals surface area contributed by atoms with Crippen LogP contribution in [0.5, 0.6) is 0 Å². The average Bonchev–Trinajstić information content (AvgIpc) is 3.15. The van der Waals surface area contributed by atoms with Crippen LogP contribution in [0.1, 0.15) is 37.9 Å². The van der Waals surface area contributed by atoms with Crippen LogP contribution in [0.2, 0.25) is 5.02 Å². The molecule has 0 fully saturated rings. The molecule has 166 valence electrons. The molecule has 1 aliphatic heterocycles. The normalized spacial score (nSPS) is 15.5. The van der Waals surface area contributed by atoms with E-state index in [0.717, 1.165) is 11.4 Å². The minimum absolute atomic E-state index is 0.146. The Balaban J connectivity index is 1.57. The van der Waals surface area contributed by atoms with Crippen molar-refractivity contribution in [3.8, 4) is 0 Å². The van der Waals surface area contributed by atoms with Crippen LogP contribution in [0, 0.1) is 12.8 Å². The maximum Gasteiger partial charge on any atom is 0.255 e. The summed E-state index contributed by atoms with van der Waals surface area (Å²) >= 11 is 7.56. The number of carbonyl (C=O) groups is 1. The van der Waals surface area contributed by atoms with Crippen LogP contribution in [-0.4, -0.2) is 20.7 Å². The van der Waals surface area contributed by atoms with Crippen LogP contribution < -0.4 is 10.6 Å². The Bertz CT molecular complexity index is 1170. The molecule has 4 rings (SSSR count). The maximum atomic E-state index is 13.2. The van der Waals surface area contributed by atoms with E-state index >= 15 is 0 Å². The molecule has 1 unspecified atom stereocenters. The third-order valence-electron chi connectivity index (χ3n) is 5.47. The summed E-state index contributed by atoms with van der Waals surface area (Å²) in [6.07, 6.45) is 0. The summed E-state index contributed by atoms with van der Waals surface area (Å²) in [4.78, 5) is 17.9. The number of anilines is 2. The van der Waals surface area contributed by atoms with Crippen molar-refractivity contribution in [2.24, 2.45) is 5.92 Å². The lowest BCUT2D eigenvalue weighted by Crippen LogP contribution is -2.33. The highest BCUT2D eigenvalue weighted by Crippen LogP contribution is 2.37. The second kappa shape index (κ2) is 9.38. The van der Waals surface area contributed by atoms with E-state index in [2.05, 4.69) is 48.5 Å². The molecule has 0 saturated heterocycles. The van der Waals surface area contributed by atoms with Crippen LogP contribution in [-0.2, 0) is 10.5 Å². The van der Waals surface area contributed by atoms with Crippen molar-refractivity contribution in [3.05, 3.63) is 76.0 Å². The molecule has 32 heavy (non-hydrogen) atoms. The molecular weight excluding hydrogens is 442 g/mol. The predicted octanol–water partition coefficient (Wildman–Crippen LogP) is 6.07. The summed E-state index contributed by atoms with van der Waals surface area (Å²) in [6.45, 7) is 8.19. The minimum atomic E-state index is -0.223. The number of nitrogens with one attached hydrogen (secondary N) is 2. The quantitative estimate of drug-likeness (QED) is 0.430. The SMILES string of the molecule is CC1=C(C(=O)Nc2ccc(Cl)cc2)C(C(C)C)n2nc(SCc3ccccc3C)nc2N1. The van der Waals surface area contributed by atoms with Gasteiger partial charge < -0.3 is 10.6 Å². The molecule has 0 saturated carbocycles. The molecular formula is C24H26ClN5OS. The first kappa shape index (κ1) is 22.4. The zero-order valence-electron chi connectivity index (χ0n) is 18.5. The summed E-state index contributed by atoms with van der Waals surface area (Å²) in [5.41, 5.74) is 4.64. The molecule has 2 N–H and O–H groups in total. The molecule has 0 spiro atoms. The lowest BCUT2D eigenvalue weighted by Gasteiger charge is -2.30. The van der Waals surface area contributed by atoms with Gasteiger partial charge in [-0.3, -0.25) is 4.79 Å². The number of fused-ring (bicyclic) bond motifs is 1. The van der Waals surface area contributed by atoms with E-state index in [1.54, 1.807) is 36.0 Å². The Morgan fingerprint density at radius 1 is 1.19 bits per heavy atom. The van der Waals surface area contributed by atoms with Crippen LogP contribution in [0.25, 0.3) is 0 Å².